The predicted octanol–water partition coefficient (Wildman–Crippen LogP) is 4.55. The van der Waals surface area contributed by atoms with Crippen molar-refractivity contribution in [2.24, 2.45) is 0 Å². The summed E-state index contributed by atoms with van der Waals surface area (Å²) in [5.74, 6) is 0.0630. The van der Waals surface area contributed by atoms with E-state index in [1.54, 1.807) is 40.8 Å². The number of halogens is 2. The molecule has 0 fully saturated rings. The van der Waals surface area contributed by atoms with Crippen LogP contribution in [0, 0.1) is 0 Å². The molecule has 0 aliphatic heterocycles. The fourth-order valence-electron chi connectivity index (χ4n) is 3.15. The minimum Gasteiger partial charge on any atom is -0.435 e. The van der Waals surface area contributed by atoms with Crippen molar-refractivity contribution in [3.63, 3.8) is 0 Å². The van der Waals surface area contributed by atoms with Gasteiger partial charge in [0.2, 0.25) is 5.91 Å². The van der Waals surface area contributed by atoms with E-state index in [-0.39, 0.29) is 23.0 Å². The van der Waals surface area contributed by atoms with Gasteiger partial charge in [-0.15, -0.1) is 0 Å². The first-order chi connectivity index (χ1) is 15.4. The molecular formula is C23H25F2N3O3S. The number of hydrogen-bond acceptors (Lipinski definition) is 5. The van der Waals surface area contributed by atoms with Crippen LogP contribution in [0.1, 0.15) is 25.3 Å². The first-order valence-corrected chi connectivity index (χ1v) is 11.3. The SMILES string of the molecule is CCCCn1c(SCC(=O)N(C)Cc2ccc(OC(F)F)cc2)nc2ccccc2c1=O. The molecule has 0 spiro atoms. The maximum Gasteiger partial charge on any atom is 0.387 e. The van der Waals surface area contributed by atoms with E-state index in [9.17, 15) is 18.4 Å². The molecule has 0 saturated heterocycles. The van der Waals surface area contributed by atoms with Crippen LogP contribution in [0.2, 0.25) is 0 Å². The van der Waals surface area contributed by atoms with Crippen LogP contribution in [0.15, 0.2) is 58.5 Å². The standard InChI is InChI=1S/C23H25F2N3O3S/c1-3-4-13-28-21(30)18-7-5-6-8-19(18)26-23(28)32-15-20(29)27(2)14-16-9-11-17(12-10-16)31-22(24)25/h5-12,22H,3-4,13-15H2,1-2H3. The number of para-hydroxylation sites is 1. The van der Waals surface area contributed by atoms with Crippen LogP contribution in [0.25, 0.3) is 10.9 Å². The van der Waals surface area contributed by atoms with Crippen LogP contribution in [0.5, 0.6) is 5.75 Å². The second kappa shape index (κ2) is 11.1. The summed E-state index contributed by atoms with van der Waals surface area (Å²) in [6.45, 7) is 0.0478. The lowest BCUT2D eigenvalue weighted by atomic mass is 10.2. The van der Waals surface area contributed by atoms with Crippen LogP contribution in [-0.4, -0.2) is 39.8 Å². The lowest BCUT2D eigenvalue weighted by molar-refractivity contribution is -0.127. The Morgan fingerprint density at radius 2 is 1.91 bits per heavy atom. The van der Waals surface area contributed by atoms with Gasteiger partial charge in [-0.1, -0.05) is 49.4 Å². The van der Waals surface area contributed by atoms with Gasteiger partial charge >= 0.3 is 6.61 Å². The Kier molecular flexibility index (Phi) is 8.21. The molecule has 0 unspecified atom stereocenters. The Morgan fingerprint density at radius 1 is 1.19 bits per heavy atom. The zero-order valence-corrected chi connectivity index (χ0v) is 18.8. The molecule has 1 aromatic heterocycles. The largest absolute Gasteiger partial charge is 0.435 e. The Hall–Kier alpha value is -2.94. The highest BCUT2D eigenvalue weighted by Gasteiger charge is 2.15. The number of nitrogens with zero attached hydrogens (tertiary/aromatic N) is 3. The van der Waals surface area contributed by atoms with Crippen molar-refractivity contribution in [1.29, 1.82) is 0 Å². The van der Waals surface area contributed by atoms with Crippen molar-refractivity contribution in [2.45, 2.75) is 44.6 Å². The van der Waals surface area contributed by atoms with Crippen molar-refractivity contribution >= 4 is 28.6 Å². The molecule has 0 aliphatic carbocycles. The lowest BCUT2D eigenvalue weighted by Gasteiger charge is -2.18. The van der Waals surface area contributed by atoms with E-state index in [1.807, 2.05) is 12.1 Å². The third-order valence-corrected chi connectivity index (χ3v) is 5.84. The Balaban J connectivity index is 1.68. The van der Waals surface area contributed by atoms with E-state index >= 15 is 0 Å². The van der Waals surface area contributed by atoms with Crippen molar-refractivity contribution in [3.8, 4) is 5.75 Å². The molecule has 0 radical (unpaired) electrons. The van der Waals surface area contributed by atoms with E-state index < -0.39 is 6.61 Å². The van der Waals surface area contributed by atoms with E-state index in [0.717, 1.165) is 18.4 Å². The number of carbonyl (C=O) groups excluding carboxylic acids is 1. The van der Waals surface area contributed by atoms with Crippen LogP contribution in [-0.2, 0) is 17.9 Å². The lowest BCUT2D eigenvalue weighted by Crippen LogP contribution is -2.29. The molecule has 170 valence electrons. The van der Waals surface area contributed by atoms with Gasteiger partial charge in [-0.2, -0.15) is 8.78 Å². The highest BCUT2D eigenvalue weighted by molar-refractivity contribution is 7.99. The van der Waals surface area contributed by atoms with Gasteiger partial charge in [-0.25, -0.2) is 4.98 Å². The summed E-state index contributed by atoms with van der Waals surface area (Å²) in [6, 6.07) is 13.4. The van der Waals surface area contributed by atoms with Crippen molar-refractivity contribution in [1.82, 2.24) is 14.5 Å². The second-order valence-corrected chi connectivity index (χ2v) is 8.23. The van der Waals surface area contributed by atoms with Gasteiger partial charge in [0.25, 0.3) is 5.56 Å². The number of benzene rings is 2. The van der Waals surface area contributed by atoms with Crippen LogP contribution in [0.4, 0.5) is 8.78 Å². The van der Waals surface area contributed by atoms with Gasteiger partial charge in [0.15, 0.2) is 5.16 Å². The molecule has 0 atom stereocenters. The summed E-state index contributed by atoms with van der Waals surface area (Å²) < 4.78 is 30.5. The van der Waals surface area contributed by atoms with Crippen molar-refractivity contribution in [2.75, 3.05) is 12.8 Å². The average Bonchev–Trinajstić information content (AvgIpc) is 2.78. The third-order valence-electron chi connectivity index (χ3n) is 4.88. The summed E-state index contributed by atoms with van der Waals surface area (Å²) in [6.07, 6.45) is 1.78. The van der Waals surface area contributed by atoms with Gasteiger partial charge < -0.3 is 9.64 Å². The quantitative estimate of drug-likeness (QED) is 0.327. The van der Waals surface area contributed by atoms with Gasteiger partial charge in [0, 0.05) is 20.1 Å². The van der Waals surface area contributed by atoms with Crippen LogP contribution < -0.4 is 10.3 Å². The Labute approximate surface area is 189 Å². The van der Waals surface area contributed by atoms with Gasteiger partial charge in [-0.05, 0) is 36.2 Å². The van der Waals surface area contributed by atoms with Gasteiger partial charge in [0.05, 0.1) is 16.7 Å². The zero-order valence-electron chi connectivity index (χ0n) is 18.0. The molecule has 0 bridgehead atoms. The highest BCUT2D eigenvalue weighted by Crippen LogP contribution is 2.20. The summed E-state index contributed by atoms with van der Waals surface area (Å²) in [4.78, 5) is 31.8. The van der Waals surface area contributed by atoms with Gasteiger partial charge in [-0.3, -0.25) is 14.2 Å². The molecule has 0 aliphatic rings. The van der Waals surface area contributed by atoms with Crippen LogP contribution >= 0.6 is 11.8 Å². The van der Waals surface area contributed by atoms with Gasteiger partial charge in [0.1, 0.15) is 5.75 Å². The number of thioether (sulfide) groups is 1. The van der Waals surface area contributed by atoms with E-state index in [4.69, 9.17) is 0 Å². The molecule has 0 N–H and O–H groups in total. The van der Waals surface area contributed by atoms with E-state index in [2.05, 4.69) is 16.6 Å². The number of carbonyl (C=O) groups is 1. The number of hydrogen-bond donors (Lipinski definition) is 0. The fourth-order valence-corrected chi connectivity index (χ4v) is 4.11. The first kappa shape index (κ1) is 23.7. The smallest absolute Gasteiger partial charge is 0.387 e. The molecule has 9 heteroatoms. The summed E-state index contributed by atoms with van der Waals surface area (Å²) in [5, 5.41) is 1.09. The summed E-state index contributed by atoms with van der Waals surface area (Å²) in [5.41, 5.74) is 1.30. The topological polar surface area (TPSA) is 64.4 Å². The summed E-state index contributed by atoms with van der Waals surface area (Å²) in [7, 11) is 1.67. The molecule has 1 heterocycles. The minimum atomic E-state index is -2.87. The molecule has 2 aromatic carbocycles. The average molecular weight is 462 g/mol. The summed E-state index contributed by atoms with van der Waals surface area (Å²) >= 11 is 1.24. The predicted molar refractivity (Wildman–Crippen MR) is 121 cm³/mol. The number of alkyl halides is 2. The molecule has 0 saturated carbocycles. The normalized spacial score (nSPS) is 11.2. The maximum atomic E-state index is 12.9. The third kappa shape index (κ3) is 6.06. The zero-order chi connectivity index (χ0) is 23.1. The number of aromatic nitrogens is 2. The maximum absolute atomic E-state index is 12.9. The van der Waals surface area contributed by atoms with E-state index in [0.29, 0.717) is 29.1 Å². The second-order valence-electron chi connectivity index (χ2n) is 7.28. The minimum absolute atomic E-state index is 0.0701. The monoisotopic (exact) mass is 461 g/mol. The molecule has 1 amide bonds. The Bertz CT molecular complexity index is 1120. The molecule has 3 rings (SSSR count). The Morgan fingerprint density at radius 3 is 2.59 bits per heavy atom. The van der Waals surface area contributed by atoms with Crippen LogP contribution in [0.3, 0.4) is 0 Å². The number of unbranched alkanes of at least 4 members (excludes halogenated alkanes) is 1. The number of fused-ring (bicyclic) bond motifs is 1. The number of amides is 1. The highest BCUT2D eigenvalue weighted by atomic mass is 32.2. The molecule has 3 aromatic rings. The van der Waals surface area contributed by atoms with E-state index in [1.165, 1.54) is 23.9 Å². The first-order valence-electron chi connectivity index (χ1n) is 10.3. The number of ether oxygens (including phenoxy) is 1. The molecular weight excluding hydrogens is 436 g/mol. The van der Waals surface area contributed by atoms with Crippen molar-refractivity contribution < 1.29 is 18.3 Å². The number of rotatable bonds is 10. The molecule has 6 nitrogen and oxygen atoms in total. The molecule has 32 heavy (non-hydrogen) atoms. The van der Waals surface area contributed by atoms with Crippen molar-refractivity contribution in [3.05, 3.63) is 64.4 Å². The fraction of sp³-hybridized carbons (Fsp3) is 0.348.